The van der Waals surface area contributed by atoms with Crippen LogP contribution in [-0.2, 0) is 10.3 Å². The van der Waals surface area contributed by atoms with Gasteiger partial charge in [-0.15, -0.1) is 0 Å². The number of likely N-dealkylation sites (tertiary alicyclic amines) is 1. The van der Waals surface area contributed by atoms with E-state index in [4.69, 9.17) is 16.2 Å². The Labute approximate surface area is 164 Å². The first kappa shape index (κ1) is 23.2. The van der Waals surface area contributed by atoms with Crippen molar-refractivity contribution in [2.75, 3.05) is 18.8 Å². The third-order valence-electron chi connectivity index (χ3n) is 4.28. The van der Waals surface area contributed by atoms with E-state index in [1.807, 2.05) is 19.9 Å². The predicted octanol–water partition coefficient (Wildman–Crippen LogP) is 2.18. The molecule has 9 nitrogen and oxygen atoms in total. The molecule has 0 bridgehead atoms. The number of aromatic nitrogens is 2. The number of alkyl halides is 1. The van der Waals surface area contributed by atoms with Crippen molar-refractivity contribution in [3.05, 3.63) is 11.8 Å². The molecule has 10 heteroatoms. The number of piperidine rings is 1. The van der Waals surface area contributed by atoms with Crippen LogP contribution in [0, 0.1) is 11.3 Å². The number of hydrogen-bond acceptors (Lipinski definition) is 6. The maximum atomic E-state index is 15.1. The van der Waals surface area contributed by atoms with E-state index >= 15 is 4.39 Å². The minimum absolute atomic E-state index is 0.0379. The van der Waals surface area contributed by atoms with Gasteiger partial charge in [0.05, 0.1) is 19.0 Å². The highest BCUT2D eigenvalue weighted by atomic mass is 19.1. The summed E-state index contributed by atoms with van der Waals surface area (Å²) in [6, 6.07) is 1.95. The minimum atomic E-state index is -1.61. The third-order valence-corrected chi connectivity index (χ3v) is 4.28. The van der Waals surface area contributed by atoms with Crippen molar-refractivity contribution < 1.29 is 18.7 Å². The molecule has 156 valence electrons. The smallest absolute Gasteiger partial charge is 0.410 e. The summed E-state index contributed by atoms with van der Waals surface area (Å²) in [5.74, 6) is -0.918. The van der Waals surface area contributed by atoms with Crippen molar-refractivity contribution in [3.8, 4) is 6.07 Å². The maximum absolute atomic E-state index is 15.1. The molecule has 0 radical (unpaired) electrons. The molecule has 28 heavy (non-hydrogen) atoms. The summed E-state index contributed by atoms with van der Waals surface area (Å²) in [6.07, 6.45) is -1.06. The Kier molecular flexibility index (Phi) is 7.38. The number of nitrogens with two attached hydrogens (primary N) is 2. The topological polar surface area (TPSA) is 140 Å². The van der Waals surface area contributed by atoms with E-state index in [0.29, 0.717) is 0 Å². The van der Waals surface area contributed by atoms with Gasteiger partial charge in [-0.25, -0.2) is 9.18 Å². The highest BCUT2D eigenvalue weighted by molar-refractivity contribution is 5.96. The number of nitrogen functional groups attached to an aromatic ring is 1. The number of primary amides is 1. The van der Waals surface area contributed by atoms with E-state index in [1.54, 1.807) is 20.8 Å². The molecule has 0 aliphatic carbocycles. The van der Waals surface area contributed by atoms with Crippen molar-refractivity contribution in [2.24, 2.45) is 5.73 Å². The van der Waals surface area contributed by atoms with Gasteiger partial charge in [-0.2, -0.15) is 10.4 Å². The Morgan fingerprint density at radius 1 is 1.46 bits per heavy atom. The van der Waals surface area contributed by atoms with Gasteiger partial charge in [-0.05, 0) is 27.2 Å². The average Bonchev–Trinajstić information content (AvgIpc) is 2.99. The Bertz CT molecular complexity index is 751. The van der Waals surface area contributed by atoms with Gasteiger partial charge >= 0.3 is 6.09 Å². The fourth-order valence-electron chi connectivity index (χ4n) is 2.91. The first-order valence-electron chi connectivity index (χ1n) is 9.14. The summed E-state index contributed by atoms with van der Waals surface area (Å²) in [5, 5.41) is 13.2. The largest absolute Gasteiger partial charge is 0.444 e. The van der Waals surface area contributed by atoms with Crippen molar-refractivity contribution in [1.29, 1.82) is 5.26 Å². The predicted molar refractivity (Wildman–Crippen MR) is 102 cm³/mol. The monoisotopic (exact) mass is 396 g/mol. The molecule has 2 heterocycles. The van der Waals surface area contributed by atoms with Crippen LogP contribution in [0.25, 0.3) is 0 Å². The first-order chi connectivity index (χ1) is 13.0. The molecule has 2 unspecified atom stereocenters. The number of hydrogen-bond donors (Lipinski definition) is 2. The summed E-state index contributed by atoms with van der Waals surface area (Å²) in [6.45, 7) is 9.07. The van der Waals surface area contributed by atoms with Gasteiger partial charge in [0.2, 0.25) is 0 Å². The van der Waals surface area contributed by atoms with E-state index in [2.05, 4.69) is 5.10 Å². The number of carbonyl (C=O) groups excluding carboxylic acids is 2. The molecule has 0 aromatic carbocycles. The molecule has 0 saturated carbocycles. The number of nitrogens with zero attached hydrogens (tertiary/aromatic N) is 4. The SMILES string of the molecule is CC.CC(C)(C)OC(=O)N1CCC(CC#N)(n2cc(C(N)=O)c(N)n2)C(F)C1. The van der Waals surface area contributed by atoms with Crippen LogP contribution in [0.2, 0.25) is 0 Å². The fraction of sp³-hybridized carbons (Fsp3) is 0.667. The van der Waals surface area contributed by atoms with Gasteiger partial charge in [0, 0.05) is 12.7 Å². The molecular weight excluding hydrogens is 367 g/mol. The Morgan fingerprint density at radius 3 is 2.50 bits per heavy atom. The number of anilines is 1. The number of rotatable bonds is 3. The standard InChI is InChI=1S/C16H23FN6O3.C2H6/c1-15(2,3)26-14(25)22-7-5-16(4-6-18,11(17)9-22)23-8-10(13(20)24)12(19)21-23;1-2/h8,11H,4-5,7,9H2,1-3H3,(H2,19,21)(H2,20,24);1-2H3. The van der Waals surface area contributed by atoms with E-state index in [1.165, 1.54) is 15.8 Å². The van der Waals surface area contributed by atoms with Crippen LogP contribution < -0.4 is 11.5 Å². The summed E-state index contributed by atoms with van der Waals surface area (Å²) in [4.78, 5) is 24.8. The van der Waals surface area contributed by atoms with Crippen molar-refractivity contribution in [2.45, 2.75) is 64.8 Å². The molecule has 4 N–H and O–H groups in total. The van der Waals surface area contributed by atoms with Crippen LogP contribution in [0.4, 0.5) is 15.0 Å². The number of nitriles is 1. The lowest BCUT2D eigenvalue weighted by Gasteiger charge is -2.43. The first-order valence-corrected chi connectivity index (χ1v) is 9.14. The van der Waals surface area contributed by atoms with Crippen molar-refractivity contribution >= 4 is 17.8 Å². The Hall–Kier alpha value is -2.83. The van der Waals surface area contributed by atoms with Crippen LogP contribution in [-0.4, -0.2) is 51.5 Å². The number of ether oxygens (including phenoxy) is 1. The van der Waals surface area contributed by atoms with E-state index < -0.39 is 29.3 Å². The molecule has 1 aromatic heterocycles. The van der Waals surface area contributed by atoms with Crippen LogP contribution in [0.3, 0.4) is 0 Å². The van der Waals surface area contributed by atoms with Crippen LogP contribution in [0.5, 0.6) is 0 Å². The van der Waals surface area contributed by atoms with E-state index in [0.717, 1.165) is 0 Å². The van der Waals surface area contributed by atoms with Crippen LogP contribution in [0.1, 0.15) is 57.8 Å². The molecular formula is C18H29FN6O3. The van der Waals surface area contributed by atoms with Crippen LogP contribution >= 0.6 is 0 Å². The molecule has 1 aliphatic rings. The number of carbonyl (C=O) groups is 2. The van der Waals surface area contributed by atoms with E-state index in [-0.39, 0.29) is 37.3 Å². The van der Waals surface area contributed by atoms with Gasteiger partial charge in [-0.3, -0.25) is 9.48 Å². The summed E-state index contributed by atoms with van der Waals surface area (Å²) >= 11 is 0. The molecule has 2 amide bonds. The highest BCUT2D eigenvalue weighted by Crippen LogP contribution is 2.36. The van der Waals surface area contributed by atoms with Gasteiger partial charge in [-0.1, -0.05) is 13.8 Å². The number of amides is 2. The van der Waals surface area contributed by atoms with Crippen molar-refractivity contribution in [1.82, 2.24) is 14.7 Å². The zero-order valence-corrected chi connectivity index (χ0v) is 17.0. The van der Waals surface area contributed by atoms with Crippen molar-refractivity contribution in [3.63, 3.8) is 0 Å². The third kappa shape index (κ3) is 4.91. The fourth-order valence-corrected chi connectivity index (χ4v) is 2.91. The summed E-state index contributed by atoms with van der Waals surface area (Å²) in [5.41, 5.74) is 8.83. The number of halogens is 1. The Balaban J connectivity index is 0.00000190. The molecule has 0 spiro atoms. The van der Waals surface area contributed by atoms with Gasteiger partial charge in [0.15, 0.2) is 5.82 Å². The minimum Gasteiger partial charge on any atom is -0.444 e. The summed E-state index contributed by atoms with van der Waals surface area (Å²) in [7, 11) is 0. The lowest BCUT2D eigenvalue weighted by molar-refractivity contribution is -0.0179. The highest BCUT2D eigenvalue weighted by Gasteiger charge is 2.48. The normalized spacial score (nSPS) is 21.9. The molecule has 1 aromatic rings. The molecule has 1 fully saturated rings. The van der Waals surface area contributed by atoms with E-state index in [9.17, 15) is 14.9 Å². The van der Waals surface area contributed by atoms with Gasteiger partial charge < -0.3 is 21.1 Å². The molecule has 1 saturated heterocycles. The van der Waals surface area contributed by atoms with Crippen LogP contribution in [0.15, 0.2) is 6.20 Å². The second kappa shape index (κ2) is 8.91. The lowest BCUT2D eigenvalue weighted by atomic mass is 9.83. The maximum Gasteiger partial charge on any atom is 0.410 e. The lowest BCUT2D eigenvalue weighted by Crippen LogP contribution is -2.56. The quantitative estimate of drug-likeness (QED) is 0.802. The zero-order valence-electron chi connectivity index (χ0n) is 17.0. The van der Waals surface area contributed by atoms with Gasteiger partial charge in [0.1, 0.15) is 22.9 Å². The average molecular weight is 396 g/mol. The Morgan fingerprint density at radius 2 is 2.07 bits per heavy atom. The zero-order chi connectivity index (χ0) is 21.7. The molecule has 1 aliphatic heterocycles. The molecule has 2 atom stereocenters. The van der Waals surface area contributed by atoms with Gasteiger partial charge in [0.25, 0.3) is 5.91 Å². The summed E-state index contributed by atoms with van der Waals surface area (Å²) < 4.78 is 21.6. The molecule has 2 rings (SSSR count). The second-order valence-electron chi connectivity index (χ2n) is 7.32. The second-order valence-corrected chi connectivity index (χ2v) is 7.32.